The summed E-state index contributed by atoms with van der Waals surface area (Å²) >= 11 is 0. The summed E-state index contributed by atoms with van der Waals surface area (Å²) < 4.78 is 2.02. The molecule has 3 aromatic rings. The molecule has 1 N–H and O–H groups in total. The Labute approximate surface area is 111 Å². The molecule has 3 heterocycles. The van der Waals surface area contributed by atoms with Gasteiger partial charge in [-0.15, -0.1) is 10.2 Å². The normalized spacial score (nSPS) is 10.9. The maximum absolute atomic E-state index is 4.35. The zero-order chi connectivity index (χ0) is 13.4. The van der Waals surface area contributed by atoms with E-state index in [1.165, 1.54) is 0 Å². The average molecular weight is 253 g/mol. The Balaban J connectivity index is 2.28. The molecule has 0 bridgehead atoms. The molecule has 0 saturated carbocycles. The maximum atomic E-state index is 4.35. The van der Waals surface area contributed by atoms with Crippen molar-refractivity contribution in [2.45, 2.75) is 13.8 Å². The Morgan fingerprint density at radius 3 is 2.74 bits per heavy atom. The van der Waals surface area contributed by atoms with Gasteiger partial charge < -0.3 is 5.32 Å². The van der Waals surface area contributed by atoms with Crippen molar-refractivity contribution in [2.24, 2.45) is 0 Å². The molecule has 0 aliphatic rings. The van der Waals surface area contributed by atoms with Gasteiger partial charge in [-0.05, 0) is 37.1 Å². The Hall–Kier alpha value is -2.43. The Morgan fingerprint density at radius 2 is 1.95 bits per heavy atom. The second-order valence-corrected chi connectivity index (χ2v) is 4.46. The zero-order valence-corrected chi connectivity index (χ0v) is 11.2. The molecule has 0 aromatic carbocycles. The van der Waals surface area contributed by atoms with Crippen molar-refractivity contribution in [1.29, 1.82) is 0 Å². The molecular formula is C14H15N5. The third kappa shape index (κ3) is 1.74. The van der Waals surface area contributed by atoms with Crippen LogP contribution in [-0.4, -0.2) is 26.6 Å². The van der Waals surface area contributed by atoms with Gasteiger partial charge >= 0.3 is 0 Å². The predicted molar refractivity (Wildman–Crippen MR) is 75.2 cm³/mol. The molecule has 0 radical (unpaired) electrons. The van der Waals surface area contributed by atoms with Crippen LogP contribution in [0, 0.1) is 13.8 Å². The second kappa shape index (κ2) is 4.35. The first-order chi connectivity index (χ1) is 9.22. The lowest BCUT2D eigenvalue weighted by Gasteiger charge is -2.12. The van der Waals surface area contributed by atoms with Crippen LogP contribution < -0.4 is 5.32 Å². The average Bonchev–Trinajstić information content (AvgIpc) is 2.90. The van der Waals surface area contributed by atoms with E-state index in [-0.39, 0.29) is 0 Å². The minimum Gasteiger partial charge on any atom is -0.371 e. The van der Waals surface area contributed by atoms with Crippen LogP contribution in [0.25, 0.3) is 17.0 Å². The van der Waals surface area contributed by atoms with E-state index in [4.69, 9.17) is 0 Å². The summed E-state index contributed by atoms with van der Waals surface area (Å²) in [5, 5.41) is 11.6. The smallest absolute Gasteiger partial charge is 0.151 e. The maximum Gasteiger partial charge on any atom is 0.151 e. The molecule has 96 valence electrons. The van der Waals surface area contributed by atoms with Gasteiger partial charge in [0, 0.05) is 19.4 Å². The van der Waals surface area contributed by atoms with E-state index >= 15 is 0 Å². The van der Waals surface area contributed by atoms with E-state index in [1.807, 2.05) is 42.8 Å². The number of pyridine rings is 1. The van der Waals surface area contributed by atoms with Crippen LogP contribution in [0.5, 0.6) is 0 Å². The topological polar surface area (TPSA) is 55.1 Å². The van der Waals surface area contributed by atoms with Crippen molar-refractivity contribution in [3.05, 3.63) is 41.7 Å². The van der Waals surface area contributed by atoms with Gasteiger partial charge in [-0.2, -0.15) is 0 Å². The molecule has 0 amide bonds. The van der Waals surface area contributed by atoms with E-state index in [2.05, 4.69) is 27.4 Å². The monoisotopic (exact) mass is 253 g/mol. The summed E-state index contributed by atoms with van der Waals surface area (Å²) in [5.41, 5.74) is 5.05. The fraction of sp³-hybridized carbons (Fsp3) is 0.214. The largest absolute Gasteiger partial charge is 0.371 e. The molecule has 0 spiro atoms. The minimum atomic E-state index is 0.819. The number of anilines is 1. The van der Waals surface area contributed by atoms with E-state index in [9.17, 15) is 0 Å². The van der Waals surface area contributed by atoms with Crippen molar-refractivity contribution in [3.8, 4) is 11.4 Å². The van der Waals surface area contributed by atoms with Crippen LogP contribution in [-0.2, 0) is 0 Å². The van der Waals surface area contributed by atoms with Crippen molar-refractivity contribution < 1.29 is 0 Å². The van der Waals surface area contributed by atoms with Crippen LogP contribution in [0.15, 0.2) is 30.6 Å². The number of imidazole rings is 1. The highest BCUT2D eigenvalue weighted by Crippen LogP contribution is 2.26. The Bertz CT molecular complexity index is 745. The first-order valence-corrected chi connectivity index (χ1v) is 6.16. The van der Waals surface area contributed by atoms with Crippen molar-refractivity contribution >= 4 is 11.5 Å². The molecule has 3 rings (SSSR count). The highest BCUT2D eigenvalue weighted by molar-refractivity contribution is 5.66. The SMILES string of the molecule is CNc1nnc(-c2cccc3nccn23)c(C)c1C. The summed E-state index contributed by atoms with van der Waals surface area (Å²) in [5.74, 6) is 0.819. The first-order valence-electron chi connectivity index (χ1n) is 6.16. The number of aromatic nitrogens is 4. The van der Waals surface area contributed by atoms with Gasteiger partial charge in [-0.1, -0.05) is 6.07 Å². The van der Waals surface area contributed by atoms with Crippen LogP contribution >= 0.6 is 0 Å². The van der Waals surface area contributed by atoms with Gasteiger partial charge in [-0.3, -0.25) is 4.40 Å². The second-order valence-electron chi connectivity index (χ2n) is 4.46. The summed E-state index contributed by atoms with van der Waals surface area (Å²) in [6.45, 7) is 4.11. The molecular weight excluding hydrogens is 238 g/mol. The van der Waals surface area contributed by atoms with E-state index in [0.29, 0.717) is 0 Å². The van der Waals surface area contributed by atoms with Gasteiger partial charge in [0.05, 0.1) is 5.69 Å². The number of rotatable bonds is 2. The minimum absolute atomic E-state index is 0.819. The van der Waals surface area contributed by atoms with Gasteiger partial charge in [0.15, 0.2) is 5.82 Å². The van der Waals surface area contributed by atoms with Crippen molar-refractivity contribution in [2.75, 3.05) is 12.4 Å². The lowest BCUT2D eigenvalue weighted by atomic mass is 10.1. The Morgan fingerprint density at radius 1 is 1.11 bits per heavy atom. The van der Waals surface area contributed by atoms with E-state index in [1.54, 1.807) is 6.20 Å². The zero-order valence-electron chi connectivity index (χ0n) is 11.2. The van der Waals surface area contributed by atoms with Crippen molar-refractivity contribution in [3.63, 3.8) is 0 Å². The Kier molecular flexibility index (Phi) is 2.67. The van der Waals surface area contributed by atoms with E-state index in [0.717, 1.165) is 34.0 Å². The first kappa shape index (κ1) is 11.6. The molecule has 0 atom stereocenters. The molecule has 0 aliphatic carbocycles. The molecule has 0 unspecified atom stereocenters. The third-order valence-electron chi connectivity index (χ3n) is 3.43. The van der Waals surface area contributed by atoms with Crippen LogP contribution in [0.3, 0.4) is 0 Å². The fourth-order valence-corrected chi connectivity index (χ4v) is 2.23. The number of nitrogens with one attached hydrogen (secondary N) is 1. The highest BCUT2D eigenvalue weighted by Gasteiger charge is 2.12. The lowest BCUT2D eigenvalue weighted by Crippen LogP contribution is -2.04. The molecule has 3 aromatic heterocycles. The molecule has 0 saturated heterocycles. The fourth-order valence-electron chi connectivity index (χ4n) is 2.23. The van der Waals surface area contributed by atoms with Crippen LogP contribution in [0.1, 0.15) is 11.1 Å². The highest BCUT2D eigenvalue weighted by atomic mass is 15.2. The van der Waals surface area contributed by atoms with Crippen LogP contribution in [0.2, 0.25) is 0 Å². The number of hydrogen-bond donors (Lipinski definition) is 1. The standard InChI is InChI=1S/C14H15N5/c1-9-10(2)14(15-3)18-17-13(9)11-5-4-6-12-16-7-8-19(11)12/h4-8H,1-3H3,(H,15,18). The lowest BCUT2D eigenvalue weighted by molar-refractivity contribution is 0.989. The molecule has 5 nitrogen and oxygen atoms in total. The molecule has 19 heavy (non-hydrogen) atoms. The molecule has 0 aliphatic heterocycles. The molecule has 0 fully saturated rings. The third-order valence-corrected chi connectivity index (χ3v) is 3.43. The van der Waals surface area contributed by atoms with Crippen LogP contribution in [0.4, 0.5) is 5.82 Å². The summed E-state index contributed by atoms with van der Waals surface area (Å²) in [6, 6.07) is 5.99. The molecule has 5 heteroatoms. The van der Waals surface area contributed by atoms with Gasteiger partial charge in [0.25, 0.3) is 0 Å². The summed E-state index contributed by atoms with van der Waals surface area (Å²) in [6.07, 6.45) is 3.73. The quantitative estimate of drug-likeness (QED) is 0.762. The van der Waals surface area contributed by atoms with Gasteiger partial charge in [0.2, 0.25) is 0 Å². The van der Waals surface area contributed by atoms with Crippen molar-refractivity contribution in [1.82, 2.24) is 19.6 Å². The summed E-state index contributed by atoms with van der Waals surface area (Å²) in [7, 11) is 1.85. The van der Waals surface area contributed by atoms with E-state index < -0.39 is 0 Å². The number of fused-ring (bicyclic) bond motifs is 1. The van der Waals surface area contributed by atoms with Gasteiger partial charge in [-0.25, -0.2) is 4.98 Å². The predicted octanol–water partition coefficient (Wildman–Crippen LogP) is 2.45. The van der Waals surface area contributed by atoms with Gasteiger partial charge in [0.1, 0.15) is 11.3 Å². The number of hydrogen-bond acceptors (Lipinski definition) is 4. The summed E-state index contributed by atoms with van der Waals surface area (Å²) in [4.78, 5) is 4.29. The number of nitrogens with zero attached hydrogens (tertiary/aromatic N) is 4.